The van der Waals surface area contributed by atoms with Gasteiger partial charge in [-0.15, -0.1) is 0 Å². The molecule has 4 nitrogen and oxygen atoms in total. The smallest absolute Gasteiger partial charge is 0.177 e. The van der Waals surface area contributed by atoms with Crippen molar-refractivity contribution in [3.63, 3.8) is 0 Å². The van der Waals surface area contributed by atoms with E-state index in [9.17, 15) is 0 Å². The van der Waals surface area contributed by atoms with E-state index in [0.29, 0.717) is 22.4 Å². The molecule has 2 rings (SSSR count). The summed E-state index contributed by atoms with van der Waals surface area (Å²) in [5.41, 5.74) is 0.577. The Kier molecular flexibility index (Phi) is 2.48. The first-order chi connectivity index (χ1) is 7.24. The maximum absolute atomic E-state index is 8.59. The normalized spacial score (nSPS) is 10.2. The third-order valence-electron chi connectivity index (χ3n) is 2.08. The topological polar surface area (TPSA) is 54.8 Å². The van der Waals surface area contributed by atoms with Gasteiger partial charge in [-0.2, -0.15) is 5.26 Å². The summed E-state index contributed by atoms with van der Waals surface area (Å²) in [5, 5.41) is 9.07. The minimum Gasteiger partial charge on any atom is -0.461 e. The number of hydrogen-bond acceptors (Lipinski definition) is 3. The molecule has 0 N–H and O–H groups in total. The van der Waals surface area contributed by atoms with E-state index in [2.05, 4.69) is 4.98 Å². The zero-order chi connectivity index (χ0) is 10.8. The van der Waals surface area contributed by atoms with Crippen molar-refractivity contribution in [2.24, 2.45) is 7.05 Å². The van der Waals surface area contributed by atoms with Crippen LogP contribution in [-0.2, 0) is 13.5 Å². The lowest BCUT2D eigenvalue weighted by Crippen LogP contribution is -1.90. The van der Waals surface area contributed by atoms with E-state index in [4.69, 9.17) is 21.3 Å². The van der Waals surface area contributed by atoms with E-state index in [-0.39, 0.29) is 6.42 Å². The van der Waals surface area contributed by atoms with Crippen LogP contribution < -0.4 is 0 Å². The molecule has 0 aliphatic carbocycles. The van der Waals surface area contributed by atoms with Gasteiger partial charge in [-0.3, -0.25) is 0 Å². The van der Waals surface area contributed by atoms with Crippen molar-refractivity contribution in [1.82, 2.24) is 9.55 Å². The summed E-state index contributed by atoms with van der Waals surface area (Å²) in [5.74, 6) is 1.28. The van der Waals surface area contributed by atoms with E-state index in [1.54, 1.807) is 30.0 Å². The second-order valence-electron chi connectivity index (χ2n) is 3.04. The summed E-state index contributed by atoms with van der Waals surface area (Å²) in [4.78, 5) is 4.26. The minimum absolute atomic E-state index is 0.202. The van der Waals surface area contributed by atoms with Gasteiger partial charge >= 0.3 is 0 Å². The number of furan rings is 1. The minimum atomic E-state index is 0.202. The monoisotopic (exact) mass is 221 g/mol. The lowest BCUT2D eigenvalue weighted by Gasteiger charge is -1.97. The molecule has 0 radical (unpaired) electrons. The Morgan fingerprint density at radius 3 is 3.07 bits per heavy atom. The van der Waals surface area contributed by atoms with Gasteiger partial charge in [0.25, 0.3) is 0 Å². The molecule has 76 valence electrons. The third-order valence-corrected chi connectivity index (χ3v) is 2.55. The Morgan fingerprint density at radius 2 is 2.47 bits per heavy atom. The van der Waals surface area contributed by atoms with Crippen molar-refractivity contribution < 1.29 is 4.42 Å². The van der Waals surface area contributed by atoms with Gasteiger partial charge in [0.15, 0.2) is 11.6 Å². The molecule has 0 fully saturated rings. The average Bonchev–Trinajstić information content (AvgIpc) is 2.82. The Bertz CT molecular complexity index is 508. The fourth-order valence-electron chi connectivity index (χ4n) is 1.35. The van der Waals surface area contributed by atoms with Crippen LogP contribution in [-0.4, -0.2) is 9.55 Å². The lowest BCUT2D eigenvalue weighted by atomic mass is 10.4. The molecule has 2 aromatic heterocycles. The predicted octanol–water partition coefficient (Wildman–Crippen LogP) is 2.40. The fraction of sp³-hybridized carbons (Fsp3) is 0.200. The third kappa shape index (κ3) is 1.62. The van der Waals surface area contributed by atoms with Gasteiger partial charge in [0, 0.05) is 7.05 Å². The van der Waals surface area contributed by atoms with Crippen molar-refractivity contribution >= 4 is 11.6 Å². The molecular weight excluding hydrogens is 214 g/mol. The second-order valence-corrected chi connectivity index (χ2v) is 3.40. The fourth-order valence-corrected chi connectivity index (χ4v) is 1.54. The van der Waals surface area contributed by atoms with Crippen molar-refractivity contribution in [3.8, 4) is 17.7 Å². The SMILES string of the molecule is Cn1c(-c2ccco2)nc(CC#N)c1Cl. The summed E-state index contributed by atoms with van der Waals surface area (Å²) in [6, 6.07) is 5.60. The quantitative estimate of drug-likeness (QED) is 0.783. The molecule has 2 aromatic rings. The molecule has 0 aromatic carbocycles. The first-order valence-corrected chi connectivity index (χ1v) is 4.73. The summed E-state index contributed by atoms with van der Waals surface area (Å²) < 4.78 is 6.92. The predicted molar refractivity (Wildman–Crippen MR) is 55.2 cm³/mol. The molecule has 0 aliphatic rings. The molecule has 0 saturated carbocycles. The highest BCUT2D eigenvalue weighted by Crippen LogP contribution is 2.25. The number of nitrogens with zero attached hydrogens (tertiary/aromatic N) is 3. The summed E-state index contributed by atoms with van der Waals surface area (Å²) >= 11 is 6.02. The number of halogens is 1. The first-order valence-electron chi connectivity index (χ1n) is 4.36. The van der Waals surface area contributed by atoms with Crippen LogP contribution in [0.5, 0.6) is 0 Å². The van der Waals surface area contributed by atoms with Crippen LogP contribution in [0.4, 0.5) is 0 Å². The molecule has 0 aliphatic heterocycles. The zero-order valence-corrected chi connectivity index (χ0v) is 8.82. The van der Waals surface area contributed by atoms with E-state index in [1.165, 1.54) is 0 Å². The van der Waals surface area contributed by atoms with E-state index >= 15 is 0 Å². The average molecular weight is 222 g/mol. The molecule has 0 spiro atoms. The van der Waals surface area contributed by atoms with E-state index in [1.807, 2.05) is 6.07 Å². The van der Waals surface area contributed by atoms with Crippen molar-refractivity contribution in [2.45, 2.75) is 6.42 Å². The molecule has 0 atom stereocenters. The van der Waals surface area contributed by atoms with Gasteiger partial charge in [-0.1, -0.05) is 11.6 Å². The van der Waals surface area contributed by atoms with Crippen molar-refractivity contribution in [1.29, 1.82) is 5.26 Å². The standard InChI is InChI=1S/C10H8ClN3O/c1-14-9(11)7(4-5-12)13-10(14)8-3-2-6-15-8/h2-3,6H,4H2,1H3. The van der Waals surface area contributed by atoms with Crippen LogP contribution in [0.15, 0.2) is 22.8 Å². The van der Waals surface area contributed by atoms with E-state index < -0.39 is 0 Å². The van der Waals surface area contributed by atoms with Gasteiger partial charge in [-0.25, -0.2) is 4.98 Å². The van der Waals surface area contributed by atoms with Crippen LogP contribution in [0.1, 0.15) is 5.69 Å². The zero-order valence-electron chi connectivity index (χ0n) is 8.07. The number of hydrogen-bond donors (Lipinski definition) is 0. The van der Waals surface area contributed by atoms with Gasteiger partial charge in [0.2, 0.25) is 0 Å². The number of aromatic nitrogens is 2. The van der Waals surface area contributed by atoms with Crippen LogP contribution in [0, 0.1) is 11.3 Å². The largest absolute Gasteiger partial charge is 0.461 e. The molecule has 15 heavy (non-hydrogen) atoms. The molecule has 0 amide bonds. The summed E-state index contributed by atoms with van der Waals surface area (Å²) in [6.45, 7) is 0. The molecule has 2 heterocycles. The Balaban J connectivity index is 2.51. The Hall–Kier alpha value is -1.73. The highest BCUT2D eigenvalue weighted by molar-refractivity contribution is 6.30. The van der Waals surface area contributed by atoms with Crippen LogP contribution >= 0.6 is 11.6 Å². The molecule has 0 saturated heterocycles. The molecule has 0 bridgehead atoms. The number of rotatable bonds is 2. The lowest BCUT2D eigenvalue weighted by molar-refractivity contribution is 0.574. The van der Waals surface area contributed by atoms with E-state index in [0.717, 1.165) is 0 Å². The summed E-state index contributed by atoms with van der Waals surface area (Å²) in [6.07, 6.45) is 1.77. The maximum atomic E-state index is 8.59. The van der Waals surface area contributed by atoms with Gasteiger partial charge in [0.05, 0.1) is 24.4 Å². The van der Waals surface area contributed by atoms with Crippen molar-refractivity contribution in [2.75, 3.05) is 0 Å². The Morgan fingerprint density at radius 1 is 1.67 bits per heavy atom. The van der Waals surface area contributed by atoms with Gasteiger partial charge in [0.1, 0.15) is 5.15 Å². The van der Waals surface area contributed by atoms with Crippen LogP contribution in [0.2, 0.25) is 5.15 Å². The van der Waals surface area contributed by atoms with Crippen molar-refractivity contribution in [3.05, 3.63) is 29.2 Å². The molecular formula is C10H8ClN3O. The van der Waals surface area contributed by atoms with Crippen LogP contribution in [0.3, 0.4) is 0 Å². The number of nitriles is 1. The molecule has 5 heteroatoms. The van der Waals surface area contributed by atoms with Gasteiger partial charge < -0.3 is 8.98 Å². The van der Waals surface area contributed by atoms with Gasteiger partial charge in [-0.05, 0) is 12.1 Å². The first kappa shape index (κ1) is 9.81. The Labute approximate surface area is 91.7 Å². The highest BCUT2D eigenvalue weighted by Gasteiger charge is 2.15. The van der Waals surface area contributed by atoms with Crippen LogP contribution in [0.25, 0.3) is 11.6 Å². The second kappa shape index (κ2) is 3.79. The molecule has 0 unspecified atom stereocenters. The maximum Gasteiger partial charge on any atom is 0.177 e. The number of imidazole rings is 1. The summed E-state index contributed by atoms with van der Waals surface area (Å²) in [7, 11) is 1.79. The highest BCUT2D eigenvalue weighted by atomic mass is 35.5.